The summed E-state index contributed by atoms with van der Waals surface area (Å²) in [7, 11) is 0. The van der Waals surface area contributed by atoms with E-state index in [2.05, 4.69) is 69.4 Å². The van der Waals surface area contributed by atoms with Gasteiger partial charge in [0.1, 0.15) is 13.2 Å². The molecule has 0 amide bonds. The van der Waals surface area contributed by atoms with Crippen molar-refractivity contribution in [1.82, 2.24) is 0 Å². The minimum Gasteiger partial charge on any atom is -0.462 e. The Kier molecular flexibility index (Phi) is 45.9. The van der Waals surface area contributed by atoms with Crippen LogP contribution in [0.15, 0.2) is 48.6 Å². The van der Waals surface area contributed by atoms with Gasteiger partial charge in [0.15, 0.2) is 6.10 Å². The van der Waals surface area contributed by atoms with Gasteiger partial charge in [0.25, 0.3) is 0 Å². The molecular formula is C53H94O6. The van der Waals surface area contributed by atoms with E-state index in [0.29, 0.717) is 19.3 Å². The summed E-state index contributed by atoms with van der Waals surface area (Å²) >= 11 is 0. The average Bonchev–Trinajstić information content (AvgIpc) is 3.23. The van der Waals surface area contributed by atoms with Crippen molar-refractivity contribution in [3.05, 3.63) is 48.6 Å². The number of unbranched alkanes of at least 4 members (excludes halogenated alkanes) is 26. The fourth-order valence-corrected chi connectivity index (χ4v) is 7.08. The highest BCUT2D eigenvalue weighted by Gasteiger charge is 2.19. The summed E-state index contributed by atoms with van der Waals surface area (Å²) in [6.07, 6.45) is 56.6. The summed E-state index contributed by atoms with van der Waals surface area (Å²) in [4.78, 5) is 37.9. The van der Waals surface area contributed by atoms with Gasteiger partial charge in [0.05, 0.1) is 0 Å². The van der Waals surface area contributed by atoms with Crippen LogP contribution in [0.25, 0.3) is 0 Å². The van der Waals surface area contributed by atoms with E-state index in [9.17, 15) is 14.4 Å². The maximum atomic E-state index is 12.8. The highest BCUT2D eigenvalue weighted by Crippen LogP contribution is 2.15. The lowest BCUT2D eigenvalue weighted by molar-refractivity contribution is -0.167. The third kappa shape index (κ3) is 46.3. The van der Waals surface area contributed by atoms with Crippen molar-refractivity contribution in [2.45, 2.75) is 258 Å². The molecule has 0 N–H and O–H groups in total. The molecule has 0 aliphatic carbocycles. The molecule has 342 valence electrons. The Hall–Kier alpha value is -2.63. The van der Waals surface area contributed by atoms with E-state index in [1.807, 2.05) is 0 Å². The highest BCUT2D eigenvalue weighted by molar-refractivity contribution is 5.71. The van der Waals surface area contributed by atoms with Crippen LogP contribution in [0.2, 0.25) is 0 Å². The van der Waals surface area contributed by atoms with E-state index in [-0.39, 0.29) is 31.1 Å². The lowest BCUT2D eigenvalue weighted by atomic mass is 10.0. The molecule has 0 aliphatic rings. The zero-order valence-electron chi connectivity index (χ0n) is 39.0. The summed E-state index contributed by atoms with van der Waals surface area (Å²) < 4.78 is 16.7. The lowest BCUT2D eigenvalue weighted by Gasteiger charge is -2.18. The van der Waals surface area contributed by atoms with E-state index in [1.54, 1.807) is 0 Å². The van der Waals surface area contributed by atoms with Gasteiger partial charge < -0.3 is 14.2 Å². The SMILES string of the molecule is CC/C=C\C/C=C\C/C=C\C/C=C\CCCCC(=O)OC[C@H](COC(=O)CCCCCCCCCCCCC)OC(=O)CCCCCCCCCCCCCCCCC. The number of carbonyl (C=O) groups is 3. The van der Waals surface area contributed by atoms with Crippen LogP contribution in [0, 0.1) is 0 Å². The first-order valence-corrected chi connectivity index (χ1v) is 25.1. The first-order valence-electron chi connectivity index (χ1n) is 25.1. The van der Waals surface area contributed by atoms with Crippen molar-refractivity contribution in [1.29, 1.82) is 0 Å². The van der Waals surface area contributed by atoms with E-state index in [4.69, 9.17) is 14.2 Å². The first kappa shape index (κ1) is 56.4. The minimum absolute atomic E-state index is 0.0828. The molecule has 0 aromatic carbocycles. The summed E-state index contributed by atoms with van der Waals surface area (Å²) in [5.41, 5.74) is 0. The van der Waals surface area contributed by atoms with Crippen LogP contribution in [-0.2, 0) is 28.6 Å². The lowest BCUT2D eigenvalue weighted by Crippen LogP contribution is -2.30. The largest absolute Gasteiger partial charge is 0.462 e. The third-order valence-corrected chi connectivity index (χ3v) is 10.8. The molecule has 0 heterocycles. The maximum Gasteiger partial charge on any atom is 0.306 e. The zero-order chi connectivity index (χ0) is 43.0. The number of carbonyl (C=O) groups excluding carboxylic acids is 3. The molecule has 0 fully saturated rings. The van der Waals surface area contributed by atoms with Crippen molar-refractivity contribution < 1.29 is 28.6 Å². The van der Waals surface area contributed by atoms with Gasteiger partial charge in [-0.25, -0.2) is 0 Å². The Morgan fingerprint density at radius 3 is 1.03 bits per heavy atom. The standard InChI is InChI=1S/C53H94O6/c1-4-7-10-13-16-19-22-24-26-28-31-34-37-40-43-46-52(55)58-49-50(48-57-51(54)45-42-39-36-33-30-21-18-15-12-9-6-3)59-53(56)47-44-41-38-35-32-29-27-25-23-20-17-14-11-8-5-2/h7,10,16,19,24,26,31,34,50H,4-6,8-9,11-15,17-18,20-23,25,27-30,32-33,35-49H2,1-3H3/b10-7-,19-16-,26-24-,34-31-/t50-/m0/s1. The zero-order valence-corrected chi connectivity index (χ0v) is 39.0. The number of allylic oxidation sites excluding steroid dienone is 8. The second kappa shape index (κ2) is 48.0. The first-order chi connectivity index (χ1) is 29.0. The number of hydrogen-bond donors (Lipinski definition) is 0. The van der Waals surface area contributed by atoms with Crippen molar-refractivity contribution in [3.63, 3.8) is 0 Å². The molecule has 0 aliphatic heterocycles. The fourth-order valence-electron chi connectivity index (χ4n) is 7.08. The maximum absolute atomic E-state index is 12.8. The Morgan fingerprint density at radius 2 is 0.661 bits per heavy atom. The number of rotatable bonds is 45. The van der Waals surface area contributed by atoms with Crippen LogP contribution in [-0.4, -0.2) is 37.2 Å². The van der Waals surface area contributed by atoms with Gasteiger partial charge >= 0.3 is 17.9 Å². The Labute approximate surface area is 365 Å². The molecule has 6 heteroatoms. The van der Waals surface area contributed by atoms with Gasteiger partial charge in [-0.1, -0.05) is 223 Å². The summed E-state index contributed by atoms with van der Waals surface area (Å²) in [5, 5.41) is 0. The quantitative estimate of drug-likeness (QED) is 0.0263. The van der Waals surface area contributed by atoms with Crippen LogP contribution in [0.5, 0.6) is 0 Å². The van der Waals surface area contributed by atoms with E-state index in [0.717, 1.165) is 83.5 Å². The van der Waals surface area contributed by atoms with Crippen LogP contribution >= 0.6 is 0 Å². The predicted molar refractivity (Wildman–Crippen MR) is 252 cm³/mol. The molecule has 6 nitrogen and oxygen atoms in total. The van der Waals surface area contributed by atoms with Gasteiger partial charge in [-0.15, -0.1) is 0 Å². The predicted octanol–water partition coefficient (Wildman–Crippen LogP) is 16.3. The van der Waals surface area contributed by atoms with Gasteiger partial charge in [-0.2, -0.15) is 0 Å². The summed E-state index contributed by atoms with van der Waals surface area (Å²) in [5.74, 6) is -0.919. The molecule has 59 heavy (non-hydrogen) atoms. The molecule has 0 spiro atoms. The van der Waals surface area contributed by atoms with Crippen molar-refractivity contribution >= 4 is 17.9 Å². The molecular weight excluding hydrogens is 733 g/mol. The van der Waals surface area contributed by atoms with Gasteiger partial charge in [-0.05, 0) is 57.8 Å². The third-order valence-electron chi connectivity index (χ3n) is 10.8. The fraction of sp³-hybridized carbons (Fsp3) is 0.792. The topological polar surface area (TPSA) is 78.9 Å². The van der Waals surface area contributed by atoms with Crippen LogP contribution < -0.4 is 0 Å². The van der Waals surface area contributed by atoms with Gasteiger partial charge in [0.2, 0.25) is 0 Å². The monoisotopic (exact) mass is 827 g/mol. The van der Waals surface area contributed by atoms with Crippen LogP contribution in [0.4, 0.5) is 0 Å². The molecule has 0 saturated heterocycles. The molecule has 0 aromatic heterocycles. The van der Waals surface area contributed by atoms with Crippen LogP contribution in [0.3, 0.4) is 0 Å². The van der Waals surface area contributed by atoms with E-state index < -0.39 is 6.10 Å². The normalized spacial score (nSPS) is 12.4. The Bertz CT molecular complexity index is 1040. The smallest absolute Gasteiger partial charge is 0.306 e. The molecule has 0 aromatic rings. The second-order valence-electron chi connectivity index (χ2n) is 16.7. The summed E-state index contributed by atoms with van der Waals surface area (Å²) in [6, 6.07) is 0. The van der Waals surface area contributed by atoms with Crippen molar-refractivity contribution in [3.8, 4) is 0 Å². The molecule has 0 rings (SSSR count). The van der Waals surface area contributed by atoms with E-state index >= 15 is 0 Å². The Morgan fingerprint density at radius 1 is 0.356 bits per heavy atom. The molecule has 0 bridgehead atoms. The molecule has 0 saturated carbocycles. The number of hydrogen-bond acceptors (Lipinski definition) is 6. The van der Waals surface area contributed by atoms with Crippen molar-refractivity contribution in [2.75, 3.05) is 13.2 Å². The minimum atomic E-state index is -0.784. The average molecular weight is 827 g/mol. The number of esters is 3. The van der Waals surface area contributed by atoms with E-state index in [1.165, 1.54) is 128 Å². The summed E-state index contributed by atoms with van der Waals surface area (Å²) in [6.45, 7) is 6.49. The van der Waals surface area contributed by atoms with Crippen LogP contribution in [0.1, 0.15) is 252 Å². The molecule has 0 radical (unpaired) electrons. The Balaban J connectivity index is 4.41. The van der Waals surface area contributed by atoms with Gasteiger partial charge in [0, 0.05) is 19.3 Å². The second-order valence-corrected chi connectivity index (χ2v) is 16.7. The van der Waals surface area contributed by atoms with Gasteiger partial charge in [-0.3, -0.25) is 14.4 Å². The highest BCUT2D eigenvalue weighted by atomic mass is 16.6. The van der Waals surface area contributed by atoms with Crippen molar-refractivity contribution in [2.24, 2.45) is 0 Å². The molecule has 1 atom stereocenters. The molecule has 0 unspecified atom stereocenters. The number of ether oxygens (including phenoxy) is 3.